The predicted octanol–water partition coefficient (Wildman–Crippen LogP) is 2.52. The van der Waals surface area contributed by atoms with Gasteiger partial charge in [0, 0.05) is 6.42 Å². The van der Waals surface area contributed by atoms with Gasteiger partial charge in [0.1, 0.15) is 17.6 Å². The van der Waals surface area contributed by atoms with Gasteiger partial charge < -0.3 is 19.8 Å². The predicted molar refractivity (Wildman–Crippen MR) is 97.1 cm³/mol. The van der Waals surface area contributed by atoms with Crippen molar-refractivity contribution in [2.24, 2.45) is 0 Å². The van der Waals surface area contributed by atoms with E-state index in [4.69, 9.17) is 9.15 Å². The molecule has 1 aromatic heterocycles. The van der Waals surface area contributed by atoms with Gasteiger partial charge in [0.2, 0.25) is 5.91 Å². The normalized spacial score (nSPS) is 16.3. The zero-order chi connectivity index (χ0) is 19.2. The molecular weight excluding hydrogens is 350 g/mol. The standard InChI is InChI=1S/C19H21N3O5/c1-2-26-16-8-4-3-7-14(16)20-17(23)10-9-15-18(24)22(19(25)21-15)12-13-6-5-11-27-13/h3-8,11,15H,2,9-10,12H2,1H3,(H,20,23)(H,21,25)/t15-/m1/s1. The average Bonchev–Trinajstić information content (AvgIpc) is 3.26. The monoisotopic (exact) mass is 371 g/mol. The number of para-hydroxylation sites is 2. The highest BCUT2D eigenvalue weighted by atomic mass is 16.5. The molecule has 8 heteroatoms. The smallest absolute Gasteiger partial charge is 0.325 e. The van der Waals surface area contributed by atoms with Gasteiger partial charge in [-0.05, 0) is 37.6 Å². The number of benzene rings is 1. The number of hydrogen-bond donors (Lipinski definition) is 2. The topological polar surface area (TPSA) is 101 Å². The summed E-state index contributed by atoms with van der Waals surface area (Å²) in [6, 6.07) is 9.31. The lowest BCUT2D eigenvalue weighted by molar-refractivity contribution is -0.128. The first-order valence-electron chi connectivity index (χ1n) is 8.74. The molecule has 0 aliphatic carbocycles. The Labute approximate surface area is 156 Å². The number of furan rings is 1. The van der Waals surface area contributed by atoms with Crippen molar-refractivity contribution < 1.29 is 23.5 Å². The highest BCUT2D eigenvalue weighted by Gasteiger charge is 2.38. The van der Waals surface area contributed by atoms with Crippen molar-refractivity contribution in [3.8, 4) is 5.75 Å². The molecule has 0 unspecified atom stereocenters. The van der Waals surface area contributed by atoms with Crippen LogP contribution in [0.1, 0.15) is 25.5 Å². The fraction of sp³-hybridized carbons (Fsp3) is 0.316. The van der Waals surface area contributed by atoms with Gasteiger partial charge in [0.15, 0.2) is 0 Å². The van der Waals surface area contributed by atoms with Crippen LogP contribution in [0.5, 0.6) is 5.75 Å². The van der Waals surface area contributed by atoms with Crippen molar-refractivity contribution >= 4 is 23.5 Å². The van der Waals surface area contributed by atoms with Crippen LogP contribution in [0.3, 0.4) is 0 Å². The number of hydrogen-bond acceptors (Lipinski definition) is 5. The van der Waals surface area contributed by atoms with Gasteiger partial charge >= 0.3 is 6.03 Å². The number of rotatable bonds is 8. The summed E-state index contributed by atoms with van der Waals surface area (Å²) in [6.07, 6.45) is 1.78. The molecule has 4 amide bonds. The molecule has 0 radical (unpaired) electrons. The third kappa shape index (κ3) is 4.46. The van der Waals surface area contributed by atoms with Crippen molar-refractivity contribution in [3.05, 3.63) is 48.4 Å². The maximum Gasteiger partial charge on any atom is 0.325 e. The largest absolute Gasteiger partial charge is 0.492 e. The first-order chi connectivity index (χ1) is 13.1. The Hall–Kier alpha value is -3.29. The molecule has 3 rings (SSSR count). The lowest BCUT2D eigenvalue weighted by Crippen LogP contribution is -2.31. The summed E-state index contributed by atoms with van der Waals surface area (Å²) in [5.74, 6) is 0.486. The summed E-state index contributed by atoms with van der Waals surface area (Å²) in [6.45, 7) is 2.42. The Morgan fingerprint density at radius 3 is 2.81 bits per heavy atom. The lowest BCUT2D eigenvalue weighted by Gasteiger charge is -2.12. The zero-order valence-electron chi connectivity index (χ0n) is 14.9. The van der Waals surface area contributed by atoms with Crippen molar-refractivity contribution in [2.75, 3.05) is 11.9 Å². The molecule has 1 aliphatic rings. The fourth-order valence-electron chi connectivity index (χ4n) is 2.82. The molecule has 2 heterocycles. The molecule has 27 heavy (non-hydrogen) atoms. The molecule has 0 saturated carbocycles. The summed E-state index contributed by atoms with van der Waals surface area (Å²) in [7, 11) is 0. The number of urea groups is 1. The van der Waals surface area contributed by atoms with Crippen LogP contribution in [0, 0.1) is 0 Å². The van der Waals surface area contributed by atoms with Gasteiger partial charge in [0.25, 0.3) is 5.91 Å². The quantitative estimate of drug-likeness (QED) is 0.695. The Morgan fingerprint density at radius 1 is 1.26 bits per heavy atom. The maximum absolute atomic E-state index is 12.4. The third-order valence-electron chi connectivity index (χ3n) is 4.12. The van der Waals surface area contributed by atoms with Gasteiger partial charge in [-0.3, -0.25) is 14.5 Å². The van der Waals surface area contributed by atoms with E-state index in [9.17, 15) is 14.4 Å². The minimum atomic E-state index is -0.722. The maximum atomic E-state index is 12.4. The Balaban J connectivity index is 1.53. The number of anilines is 1. The zero-order valence-corrected chi connectivity index (χ0v) is 14.9. The SMILES string of the molecule is CCOc1ccccc1NC(=O)CC[C@H]1NC(=O)N(Cc2ccco2)C1=O. The van der Waals surface area contributed by atoms with E-state index in [2.05, 4.69) is 10.6 Å². The van der Waals surface area contributed by atoms with Crippen LogP contribution in [0.25, 0.3) is 0 Å². The van der Waals surface area contributed by atoms with E-state index in [-0.39, 0.29) is 31.2 Å². The van der Waals surface area contributed by atoms with Gasteiger partial charge in [-0.2, -0.15) is 0 Å². The van der Waals surface area contributed by atoms with Crippen LogP contribution in [-0.2, 0) is 16.1 Å². The van der Waals surface area contributed by atoms with E-state index in [1.165, 1.54) is 6.26 Å². The molecule has 1 atom stereocenters. The van der Waals surface area contributed by atoms with E-state index >= 15 is 0 Å². The van der Waals surface area contributed by atoms with Crippen LogP contribution in [0.15, 0.2) is 47.1 Å². The molecule has 1 aromatic carbocycles. The second kappa shape index (κ2) is 8.39. The van der Waals surface area contributed by atoms with Crippen molar-refractivity contribution in [1.82, 2.24) is 10.2 Å². The third-order valence-corrected chi connectivity index (χ3v) is 4.12. The van der Waals surface area contributed by atoms with E-state index in [0.717, 1.165) is 4.90 Å². The summed E-state index contributed by atoms with van der Waals surface area (Å²) in [4.78, 5) is 37.7. The first-order valence-corrected chi connectivity index (χ1v) is 8.74. The molecule has 2 N–H and O–H groups in total. The molecule has 1 aliphatic heterocycles. The van der Waals surface area contributed by atoms with Crippen molar-refractivity contribution in [3.63, 3.8) is 0 Å². The summed E-state index contributed by atoms with van der Waals surface area (Å²) >= 11 is 0. The summed E-state index contributed by atoms with van der Waals surface area (Å²) in [5, 5.41) is 5.38. The van der Waals surface area contributed by atoms with Gasteiger partial charge in [-0.15, -0.1) is 0 Å². The summed E-state index contributed by atoms with van der Waals surface area (Å²) < 4.78 is 10.6. The molecule has 1 fully saturated rings. The average molecular weight is 371 g/mol. The number of ether oxygens (including phenoxy) is 1. The molecule has 1 saturated heterocycles. The summed E-state index contributed by atoms with van der Waals surface area (Å²) in [5.41, 5.74) is 0.575. The molecule has 142 valence electrons. The number of imide groups is 1. The minimum Gasteiger partial charge on any atom is -0.492 e. The van der Waals surface area contributed by atoms with Crippen LogP contribution >= 0.6 is 0 Å². The van der Waals surface area contributed by atoms with Crippen LogP contribution < -0.4 is 15.4 Å². The van der Waals surface area contributed by atoms with Crippen molar-refractivity contribution in [2.45, 2.75) is 32.4 Å². The highest BCUT2D eigenvalue weighted by molar-refractivity contribution is 6.04. The van der Waals surface area contributed by atoms with E-state index in [1.807, 2.05) is 13.0 Å². The number of carbonyl (C=O) groups excluding carboxylic acids is 3. The second-order valence-electron chi connectivity index (χ2n) is 6.02. The number of nitrogens with zero attached hydrogens (tertiary/aromatic N) is 1. The van der Waals surface area contributed by atoms with E-state index in [1.54, 1.807) is 30.3 Å². The number of carbonyl (C=O) groups is 3. The minimum absolute atomic E-state index is 0.0715. The van der Waals surface area contributed by atoms with Crippen molar-refractivity contribution in [1.29, 1.82) is 0 Å². The molecule has 0 bridgehead atoms. The molecule has 0 spiro atoms. The fourth-order valence-corrected chi connectivity index (χ4v) is 2.82. The Kier molecular flexibility index (Phi) is 5.75. The molecule has 8 nitrogen and oxygen atoms in total. The second-order valence-corrected chi connectivity index (χ2v) is 6.02. The van der Waals surface area contributed by atoms with Crippen LogP contribution in [0.2, 0.25) is 0 Å². The van der Waals surface area contributed by atoms with Gasteiger partial charge in [0.05, 0.1) is 25.1 Å². The number of nitrogens with one attached hydrogen (secondary N) is 2. The molecular formula is C19H21N3O5. The highest BCUT2D eigenvalue weighted by Crippen LogP contribution is 2.24. The number of amides is 4. The molecule has 2 aromatic rings. The van der Waals surface area contributed by atoms with Crippen LogP contribution in [0.4, 0.5) is 10.5 Å². The Bertz CT molecular complexity index is 819. The lowest BCUT2D eigenvalue weighted by atomic mass is 10.1. The van der Waals surface area contributed by atoms with Crippen LogP contribution in [-0.4, -0.2) is 35.4 Å². The first kappa shape index (κ1) is 18.5. The van der Waals surface area contributed by atoms with Gasteiger partial charge in [-0.25, -0.2) is 4.79 Å². The van der Waals surface area contributed by atoms with E-state index < -0.39 is 12.1 Å². The Morgan fingerprint density at radius 2 is 2.07 bits per heavy atom. The van der Waals surface area contributed by atoms with E-state index in [0.29, 0.717) is 23.8 Å². The van der Waals surface area contributed by atoms with Gasteiger partial charge in [-0.1, -0.05) is 12.1 Å².